The Hall–Kier alpha value is -2.88. The molecule has 0 fully saturated rings. The first-order valence-corrected chi connectivity index (χ1v) is 6.88. The molecule has 0 spiro atoms. The highest BCUT2D eigenvalue weighted by Gasteiger charge is 2.24. The predicted octanol–water partition coefficient (Wildman–Crippen LogP) is 3.37. The quantitative estimate of drug-likeness (QED) is 0.588. The van der Waals surface area contributed by atoms with Crippen LogP contribution in [0.1, 0.15) is 11.1 Å². The number of hydrogen-bond donors (Lipinski definition) is 2. The molecule has 0 radical (unpaired) electrons. The van der Waals surface area contributed by atoms with Crippen LogP contribution in [-0.2, 0) is 6.42 Å². The van der Waals surface area contributed by atoms with E-state index in [0.29, 0.717) is 5.95 Å². The number of anilines is 3. The third kappa shape index (κ3) is 2.01. The van der Waals surface area contributed by atoms with Gasteiger partial charge in [-0.05, 0) is 17.7 Å². The molecular formula is C17H14N4. The smallest absolute Gasteiger partial charge is 0.222 e. The zero-order chi connectivity index (χ0) is 14.2. The second-order valence-electron chi connectivity index (χ2n) is 5.08. The van der Waals surface area contributed by atoms with E-state index in [4.69, 9.17) is 5.73 Å². The average molecular weight is 274 g/mol. The van der Waals surface area contributed by atoms with Gasteiger partial charge < -0.3 is 11.1 Å². The number of para-hydroxylation sites is 1. The summed E-state index contributed by atoms with van der Waals surface area (Å²) in [6.07, 6.45) is 0.834. The molecule has 0 aliphatic heterocycles. The van der Waals surface area contributed by atoms with Crippen molar-refractivity contribution in [1.82, 2.24) is 9.97 Å². The Morgan fingerprint density at radius 1 is 0.905 bits per heavy atom. The zero-order valence-electron chi connectivity index (χ0n) is 11.4. The maximum atomic E-state index is 5.88. The standard InChI is InChI=1S/C17H14N4/c18-17-20-15-13-9-5-4-6-11(13)10-14(15)16(21-17)19-12-7-2-1-3-8-12/h1-9H,10H2,(H3,18,19,20,21). The highest BCUT2D eigenvalue weighted by Crippen LogP contribution is 2.39. The fourth-order valence-corrected chi connectivity index (χ4v) is 2.75. The Balaban J connectivity index is 1.82. The van der Waals surface area contributed by atoms with Crippen molar-refractivity contribution in [2.24, 2.45) is 0 Å². The Morgan fingerprint density at radius 3 is 2.52 bits per heavy atom. The Morgan fingerprint density at radius 2 is 1.67 bits per heavy atom. The lowest BCUT2D eigenvalue weighted by Crippen LogP contribution is -2.04. The highest BCUT2D eigenvalue weighted by molar-refractivity contribution is 5.80. The molecule has 1 aliphatic carbocycles. The van der Waals surface area contributed by atoms with Crippen LogP contribution in [0, 0.1) is 0 Å². The van der Waals surface area contributed by atoms with Crippen molar-refractivity contribution >= 4 is 17.5 Å². The van der Waals surface area contributed by atoms with E-state index in [9.17, 15) is 0 Å². The van der Waals surface area contributed by atoms with Gasteiger partial charge in [-0.3, -0.25) is 0 Å². The van der Waals surface area contributed by atoms with Crippen LogP contribution in [0.25, 0.3) is 11.3 Å². The lowest BCUT2D eigenvalue weighted by atomic mass is 10.1. The fourth-order valence-electron chi connectivity index (χ4n) is 2.75. The van der Waals surface area contributed by atoms with Crippen LogP contribution < -0.4 is 11.1 Å². The van der Waals surface area contributed by atoms with Gasteiger partial charge in [0, 0.05) is 23.2 Å². The number of benzene rings is 2. The molecule has 1 heterocycles. The molecule has 4 rings (SSSR count). The molecule has 21 heavy (non-hydrogen) atoms. The molecule has 4 nitrogen and oxygen atoms in total. The van der Waals surface area contributed by atoms with E-state index in [0.717, 1.165) is 34.7 Å². The molecule has 0 amide bonds. The Labute approximate surface area is 122 Å². The number of nitrogen functional groups attached to an aromatic ring is 1. The molecule has 2 aromatic carbocycles. The van der Waals surface area contributed by atoms with E-state index in [1.807, 2.05) is 42.5 Å². The fraction of sp³-hybridized carbons (Fsp3) is 0.0588. The second kappa shape index (κ2) is 4.59. The molecular weight excluding hydrogens is 260 g/mol. The topological polar surface area (TPSA) is 63.8 Å². The Kier molecular flexibility index (Phi) is 2.60. The molecule has 1 aliphatic rings. The molecule has 0 saturated carbocycles. The number of aromatic nitrogens is 2. The highest BCUT2D eigenvalue weighted by atomic mass is 15.1. The minimum atomic E-state index is 0.295. The number of nitrogens with zero attached hydrogens (tertiary/aromatic N) is 2. The number of fused-ring (bicyclic) bond motifs is 3. The first-order chi connectivity index (χ1) is 10.3. The largest absolute Gasteiger partial charge is 0.368 e. The molecule has 102 valence electrons. The monoisotopic (exact) mass is 274 g/mol. The van der Waals surface area contributed by atoms with Crippen molar-refractivity contribution < 1.29 is 0 Å². The summed E-state index contributed by atoms with van der Waals surface area (Å²) in [5.41, 5.74) is 11.3. The molecule has 3 N–H and O–H groups in total. The van der Waals surface area contributed by atoms with Gasteiger partial charge in [0.25, 0.3) is 0 Å². The van der Waals surface area contributed by atoms with Crippen LogP contribution in [-0.4, -0.2) is 9.97 Å². The SMILES string of the molecule is Nc1nc(Nc2ccccc2)c2c(n1)-c1ccccc1C2. The van der Waals surface area contributed by atoms with Crippen LogP contribution in [0.4, 0.5) is 17.5 Å². The summed E-state index contributed by atoms with van der Waals surface area (Å²) in [7, 11) is 0. The molecule has 0 bridgehead atoms. The number of rotatable bonds is 2. The lowest BCUT2D eigenvalue weighted by Gasteiger charge is -2.10. The van der Waals surface area contributed by atoms with Gasteiger partial charge in [0.2, 0.25) is 5.95 Å². The van der Waals surface area contributed by atoms with Crippen LogP contribution in [0.15, 0.2) is 54.6 Å². The van der Waals surface area contributed by atoms with Crippen LogP contribution >= 0.6 is 0 Å². The van der Waals surface area contributed by atoms with Gasteiger partial charge in [-0.15, -0.1) is 0 Å². The number of nitrogens with one attached hydrogen (secondary N) is 1. The van der Waals surface area contributed by atoms with E-state index in [1.165, 1.54) is 5.56 Å². The van der Waals surface area contributed by atoms with E-state index >= 15 is 0 Å². The van der Waals surface area contributed by atoms with E-state index < -0.39 is 0 Å². The van der Waals surface area contributed by atoms with Crippen molar-refractivity contribution in [3.63, 3.8) is 0 Å². The van der Waals surface area contributed by atoms with E-state index in [1.54, 1.807) is 0 Å². The summed E-state index contributed by atoms with van der Waals surface area (Å²) in [4.78, 5) is 8.80. The predicted molar refractivity (Wildman–Crippen MR) is 84.4 cm³/mol. The number of nitrogens with two attached hydrogens (primary N) is 1. The van der Waals surface area contributed by atoms with E-state index in [-0.39, 0.29) is 0 Å². The summed E-state index contributed by atoms with van der Waals surface area (Å²) in [5, 5.41) is 3.35. The molecule has 3 aromatic rings. The van der Waals surface area contributed by atoms with Gasteiger partial charge in [0.1, 0.15) is 5.82 Å². The summed E-state index contributed by atoms with van der Waals surface area (Å²) >= 11 is 0. The van der Waals surface area contributed by atoms with Gasteiger partial charge in [-0.1, -0.05) is 42.5 Å². The van der Waals surface area contributed by atoms with Crippen molar-refractivity contribution in [1.29, 1.82) is 0 Å². The van der Waals surface area contributed by atoms with Crippen molar-refractivity contribution in [2.45, 2.75) is 6.42 Å². The third-order valence-corrected chi connectivity index (χ3v) is 3.70. The van der Waals surface area contributed by atoms with Gasteiger partial charge in [-0.2, -0.15) is 4.98 Å². The Bertz CT molecular complexity index is 812. The summed E-state index contributed by atoms with van der Waals surface area (Å²) in [5.74, 6) is 1.09. The first kappa shape index (κ1) is 11.9. The first-order valence-electron chi connectivity index (χ1n) is 6.88. The van der Waals surface area contributed by atoms with Crippen LogP contribution in [0.5, 0.6) is 0 Å². The maximum absolute atomic E-state index is 5.88. The minimum Gasteiger partial charge on any atom is -0.368 e. The second-order valence-corrected chi connectivity index (χ2v) is 5.08. The van der Waals surface area contributed by atoms with E-state index in [2.05, 4.69) is 27.4 Å². The maximum Gasteiger partial charge on any atom is 0.222 e. The molecule has 0 atom stereocenters. The van der Waals surface area contributed by atoms with Gasteiger partial charge >= 0.3 is 0 Å². The van der Waals surface area contributed by atoms with Gasteiger partial charge in [-0.25, -0.2) is 4.98 Å². The van der Waals surface area contributed by atoms with Gasteiger partial charge in [0.15, 0.2) is 0 Å². The summed E-state index contributed by atoms with van der Waals surface area (Å²) < 4.78 is 0. The van der Waals surface area contributed by atoms with Crippen molar-refractivity contribution in [2.75, 3.05) is 11.1 Å². The van der Waals surface area contributed by atoms with Gasteiger partial charge in [0.05, 0.1) is 5.69 Å². The van der Waals surface area contributed by atoms with Crippen LogP contribution in [0.2, 0.25) is 0 Å². The lowest BCUT2D eigenvalue weighted by molar-refractivity contribution is 1.14. The zero-order valence-corrected chi connectivity index (χ0v) is 11.4. The minimum absolute atomic E-state index is 0.295. The van der Waals surface area contributed by atoms with Crippen LogP contribution in [0.3, 0.4) is 0 Å². The van der Waals surface area contributed by atoms with Crippen molar-refractivity contribution in [3.05, 3.63) is 65.7 Å². The number of hydrogen-bond acceptors (Lipinski definition) is 4. The average Bonchev–Trinajstić information content (AvgIpc) is 2.87. The molecule has 0 saturated heterocycles. The third-order valence-electron chi connectivity index (χ3n) is 3.70. The van der Waals surface area contributed by atoms with Crippen molar-refractivity contribution in [3.8, 4) is 11.3 Å². The summed E-state index contributed by atoms with van der Waals surface area (Å²) in [6.45, 7) is 0. The summed E-state index contributed by atoms with van der Waals surface area (Å²) in [6, 6.07) is 18.3. The normalized spacial score (nSPS) is 11.8. The molecule has 1 aromatic heterocycles. The molecule has 0 unspecified atom stereocenters. The molecule has 4 heteroatoms.